The molecule has 0 aromatic rings. The van der Waals surface area contributed by atoms with E-state index in [0.29, 0.717) is 30.0 Å². The van der Waals surface area contributed by atoms with Crippen LogP contribution >= 0.6 is 0 Å². The molecule has 138 valence electrons. The monoisotopic (exact) mass is 344 g/mol. The number of aliphatic hydroxyl groups is 1. The quantitative estimate of drug-likeness (QED) is 0.784. The Labute approximate surface area is 151 Å². The second-order valence-electron chi connectivity index (χ2n) is 9.97. The number of carbonyl (C=O) groups excluding carboxylic acids is 2. The van der Waals surface area contributed by atoms with Crippen LogP contribution in [-0.4, -0.2) is 22.8 Å². The van der Waals surface area contributed by atoms with Gasteiger partial charge in [-0.15, -0.1) is 0 Å². The summed E-state index contributed by atoms with van der Waals surface area (Å²) < 4.78 is 0. The van der Waals surface area contributed by atoms with E-state index in [2.05, 4.69) is 20.8 Å². The molecule has 0 saturated heterocycles. The summed E-state index contributed by atoms with van der Waals surface area (Å²) in [5.41, 5.74) is 1.19. The van der Waals surface area contributed by atoms with E-state index in [0.717, 1.165) is 32.1 Å². The normalized spacial score (nSPS) is 52.0. The van der Waals surface area contributed by atoms with Crippen LogP contribution < -0.4 is 0 Å². The van der Waals surface area contributed by atoms with Crippen LogP contribution in [0.15, 0.2) is 11.6 Å². The minimum absolute atomic E-state index is 0.0326. The molecule has 0 spiro atoms. The van der Waals surface area contributed by atoms with Gasteiger partial charge in [0.1, 0.15) is 5.78 Å². The van der Waals surface area contributed by atoms with Gasteiger partial charge in [-0.1, -0.05) is 26.3 Å². The number of ketones is 2. The lowest BCUT2D eigenvalue weighted by Crippen LogP contribution is -2.57. The van der Waals surface area contributed by atoms with Gasteiger partial charge in [-0.25, -0.2) is 0 Å². The van der Waals surface area contributed by atoms with Crippen molar-refractivity contribution < 1.29 is 14.7 Å². The zero-order valence-corrected chi connectivity index (χ0v) is 16.0. The minimum Gasteiger partial charge on any atom is -0.393 e. The summed E-state index contributed by atoms with van der Waals surface area (Å²) in [4.78, 5) is 24.3. The number of hydrogen-bond acceptors (Lipinski definition) is 3. The molecular weight excluding hydrogens is 312 g/mol. The van der Waals surface area contributed by atoms with E-state index in [-0.39, 0.29) is 34.6 Å². The number of rotatable bonds is 1. The molecular formula is C22H32O3. The Morgan fingerprint density at radius 1 is 1.28 bits per heavy atom. The summed E-state index contributed by atoms with van der Waals surface area (Å²) >= 11 is 0. The molecule has 1 N–H and O–H groups in total. The van der Waals surface area contributed by atoms with E-state index in [9.17, 15) is 14.7 Å². The molecule has 0 heterocycles. The average Bonchev–Trinajstić information content (AvgIpc) is 2.77. The van der Waals surface area contributed by atoms with Crippen molar-refractivity contribution in [2.24, 2.45) is 40.4 Å². The van der Waals surface area contributed by atoms with E-state index in [1.54, 1.807) is 6.92 Å². The van der Waals surface area contributed by atoms with Crippen molar-refractivity contribution in [3.63, 3.8) is 0 Å². The van der Waals surface area contributed by atoms with Crippen LogP contribution in [0.2, 0.25) is 0 Å². The molecule has 4 aliphatic rings. The van der Waals surface area contributed by atoms with E-state index in [1.165, 1.54) is 5.57 Å². The highest BCUT2D eigenvalue weighted by Crippen LogP contribution is 2.67. The molecule has 0 unspecified atom stereocenters. The lowest BCUT2D eigenvalue weighted by Gasteiger charge is -2.59. The summed E-state index contributed by atoms with van der Waals surface area (Å²) in [6.45, 7) is 8.52. The lowest BCUT2D eigenvalue weighted by atomic mass is 9.46. The number of Topliss-reactive ketones (excluding diaryl/α,β-unsaturated/α-hetero) is 1. The first-order chi connectivity index (χ1) is 11.7. The zero-order valence-electron chi connectivity index (χ0n) is 16.0. The van der Waals surface area contributed by atoms with E-state index in [4.69, 9.17) is 0 Å². The molecule has 25 heavy (non-hydrogen) atoms. The van der Waals surface area contributed by atoms with E-state index in [1.807, 2.05) is 6.08 Å². The van der Waals surface area contributed by atoms with Crippen molar-refractivity contribution in [1.29, 1.82) is 0 Å². The van der Waals surface area contributed by atoms with Crippen LogP contribution in [0.25, 0.3) is 0 Å². The lowest BCUT2D eigenvalue weighted by molar-refractivity contribution is -0.144. The van der Waals surface area contributed by atoms with Crippen LogP contribution in [0.1, 0.15) is 66.2 Å². The van der Waals surface area contributed by atoms with Gasteiger partial charge in [0.05, 0.1) is 6.10 Å². The van der Waals surface area contributed by atoms with Gasteiger partial charge in [-0.2, -0.15) is 0 Å². The highest BCUT2D eigenvalue weighted by Gasteiger charge is 2.64. The topological polar surface area (TPSA) is 54.4 Å². The largest absolute Gasteiger partial charge is 0.393 e. The summed E-state index contributed by atoms with van der Waals surface area (Å²) in [5.74, 6) is 2.32. The molecule has 8 atom stereocenters. The van der Waals surface area contributed by atoms with Crippen molar-refractivity contribution in [1.82, 2.24) is 0 Å². The SMILES string of the molecule is CC(=O)[C@H]1[C@H](C)C[C@H]2[C@@H]3CCC4=CC(=O)CC[C@]4(C)[C@H]3[C@H](O)C[C@@]21C. The van der Waals surface area contributed by atoms with E-state index >= 15 is 0 Å². The third kappa shape index (κ3) is 2.27. The van der Waals surface area contributed by atoms with Crippen LogP contribution in [0.3, 0.4) is 0 Å². The molecule has 0 amide bonds. The predicted molar refractivity (Wildman–Crippen MR) is 96.8 cm³/mol. The Morgan fingerprint density at radius 2 is 2.00 bits per heavy atom. The Morgan fingerprint density at radius 3 is 2.68 bits per heavy atom. The highest BCUT2D eigenvalue weighted by atomic mass is 16.3. The molecule has 0 aliphatic heterocycles. The van der Waals surface area contributed by atoms with Gasteiger partial charge >= 0.3 is 0 Å². The standard InChI is InChI=1S/C22H32O3/c1-12-9-17-16-6-5-14-10-15(24)7-8-21(14,3)20(16)18(25)11-22(17,4)19(12)13(2)23/h10,12,16-20,25H,5-9,11H2,1-4H3/t12-,16+,17+,18-,19-,20-,21+,22+/m1/s1. The van der Waals surface area contributed by atoms with Crippen molar-refractivity contribution in [2.45, 2.75) is 72.3 Å². The number of allylic oxidation sites excluding steroid dienone is 1. The van der Waals surface area contributed by atoms with Crippen LogP contribution in [0.4, 0.5) is 0 Å². The van der Waals surface area contributed by atoms with Crippen molar-refractivity contribution in [3.8, 4) is 0 Å². The highest BCUT2D eigenvalue weighted by molar-refractivity contribution is 5.91. The van der Waals surface area contributed by atoms with E-state index < -0.39 is 0 Å². The number of hydrogen-bond donors (Lipinski definition) is 1. The molecule has 4 rings (SSSR count). The molecule has 0 aromatic carbocycles. The fourth-order valence-corrected chi connectivity index (χ4v) is 7.92. The molecule has 3 nitrogen and oxygen atoms in total. The number of carbonyl (C=O) groups is 2. The summed E-state index contributed by atoms with van der Waals surface area (Å²) in [5, 5.41) is 11.2. The van der Waals surface area contributed by atoms with Crippen LogP contribution in [0.5, 0.6) is 0 Å². The first kappa shape index (κ1) is 17.5. The molecule has 0 bridgehead atoms. The van der Waals surface area contributed by atoms with Gasteiger partial charge in [-0.3, -0.25) is 9.59 Å². The molecule has 0 aromatic heterocycles. The Balaban J connectivity index is 1.74. The van der Waals surface area contributed by atoms with Gasteiger partial charge < -0.3 is 5.11 Å². The second-order valence-corrected chi connectivity index (χ2v) is 9.97. The average molecular weight is 344 g/mol. The molecule has 3 saturated carbocycles. The molecule has 3 heteroatoms. The first-order valence-corrected chi connectivity index (χ1v) is 10.1. The second kappa shape index (κ2) is 5.52. The van der Waals surface area contributed by atoms with Gasteiger partial charge in [0.25, 0.3) is 0 Å². The number of aliphatic hydroxyl groups excluding tert-OH is 1. The molecule has 3 fully saturated rings. The van der Waals surface area contributed by atoms with Crippen LogP contribution in [-0.2, 0) is 9.59 Å². The van der Waals surface area contributed by atoms with Crippen molar-refractivity contribution in [2.75, 3.05) is 0 Å². The van der Waals surface area contributed by atoms with Gasteiger partial charge in [0.15, 0.2) is 5.78 Å². The maximum atomic E-state index is 12.4. The van der Waals surface area contributed by atoms with Gasteiger partial charge in [0.2, 0.25) is 0 Å². The van der Waals surface area contributed by atoms with Gasteiger partial charge in [0, 0.05) is 12.3 Å². The fourth-order valence-electron chi connectivity index (χ4n) is 7.92. The first-order valence-electron chi connectivity index (χ1n) is 10.1. The third-order valence-electron chi connectivity index (χ3n) is 8.67. The Kier molecular flexibility index (Phi) is 3.85. The Bertz CT molecular complexity index is 650. The summed E-state index contributed by atoms with van der Waals surface area (Å²) in [6.07, 6.45) is 6.92. The Hall–Kier alpha value is -0.960. The smallest absolute Gasteiger partial charge is 0.155 e. The third-order valence-corrected chi connectivity index (χ3v) is 8.67. The predicted octanol–water partition coefficient (Wildman–Crippen LogP) is 3.94. The zero-order chi connectivity index (χ0) is 18.1. The van der Waals surface area contributed by atoms with Crippen LogP contribution in [0, 0.1) is 40.4 Å². The number of fused-ring (bicyclic) bond motifs is 5. The van der Waals surface area contributed by atoms with Crippen molar-refractivity contribution >= 4 is 11.6 Å². The maximum Gasteiger partial charge on any atom is 0.155 e. The summed E-state index contributed by atoms with van der Waals surface area (Å²) in [7, 11) is 0. The van der Waals surface area contributed by atoms with Gasteiger partial charge in [-0.05, 0) is 79.6 Å². The molecule has 0 radical (unpaired) electrons. The minimum atomic E-state index is -0.361. The maximum absolute atomic E-state index is 12.4. The van der Waals surface area contributed by atoms with Crippen molar-refractivity contribution in [3.05, 3.63) is 11.6 Å². The fraction of sp³-hybridized carbons (Fsp3) is 0.818. The summed E-state index contributed by atoms with van der Waals surface area (Å²) in [6, 6.07) is 0. The molecule has 4 aliphatic carbocycles.